The number of nitrogens with two attached hydrogens (primary N) is 1. The van der Waals surface area contributed by atoms with Crippen molar-refractivity contribution in [2.45, 2.75) is 39.3 Å². The minimum atomic E-state index is -0.770. The summed E-state index contributed by atoms with van der Waals surface area (Å²) >= 11 is 0. The van der Waals surface area contributed by atoms with Gasteiger partial charge in [0.25, 0.3) is 5.91 Å². The third-order valence-electron chi connectivity index (χ3n) is 2.91. The van der Waals surface area contributed by atoms with E-state index >= 15 is 0 Å². The molecule has 0 radical (unpaired) electrons. The molecule has 96 valence electrons. The normalized spacial score (nSPS) is 22.9. The number of nitrogens with zero attached hydrogens (tertiary/aromatic N) is 1. The average Bonchev–Trinajstić information content (AvgIpc) is 2.44. The number of imide groups is 1. The van der Waals surface area contributed by atoms with E-state index in [1.165, 1.54) is 7.05 Å². The molecule has 0 aromatic heterocycles. The number of hydrogen-bond acceptors (Lipinski definition) is 4. The molecule has 1 aliphatic heterocycles. The Balaban J connectivity index is 2.65. The van der Waals surface area contributed by atoms with Crippen LogP contribution >= 0.6 is 0 Å². The minimum Gasteiger partial charge on any atom is -0.342 e. The van der Waals surface area contributed by atoms with Crippen molar-refractivity contribution in [1.29, 1.82) is 0 Å². The van der Waals surface area contributed by atoms with Gasteiger partial charge >= 0.3 is 0 Å². The fraction of sp³-hybridized carbons (Fsp3) is 0.727. The molecule has 1 heterocycles. The van der Waals surface area contributed by atoms with Crippen molar-refractivity contribution in [2.24, 2.45) is 11.1 Å². The van der Waals surface area contributed by atoms with Crippen LogP contribution in [-0.2, 0) is 14.4 Å². The quantitative estimate of drug-likeness (QED) is 0.621. The summed E-state index contributed by atoms with van der Waals surface area (Å²) in [5.41, 5.74) is 5.38. The summed E-state index contributed by atoms with van der Waals surface area (Å²) in [6.07, 6.45) is 0.0118. The molecule has 0 spiro atoms. The van der Waals surface area contributed by atoms with E-state index in [1.807, 2.05) is 20.8 Å². The fourth-order valence-electron chi connectivity index (χ4n) is 1.52. The summed E-state index contributed by atoms with van der Waals surface area (Å²) < 4.78 is 0. The summed E-state index contributed by atoms with van der Waals surface area (Å²) in [5.74, 6) is -1.08. The third-order valence-corrected chi connectivity index (χ3v) is 2.91. The molecule has 0 aliphatic carbocycles. The number of rotatable bonds is 2. The smallest absolute Gasteiger partial charge is 0.252 e. The molecule has 2 atom stereocenters. The highest BCUT2D eigenvalue weighted by Crippen LogP contribution is 2.18. The third kappa shape index (κ3) is 2.82. The van der Waals surface area contributed by atoms with Crippen LogP contribution in [0.5, 0.6) is 0 Å². The van der Waals surface area contributed by atoms with Gasteiger partial charge in [-0.3, -0.25) is 19.3 Å². The first-order valence-electron chi connectivity index (χ1n) is 5.51. The molecular formula is C11H19N3O3. The zero-order valence-corrected chi connectivity index (χ0v) is 10.6. The molecule has 3 amide bonds. The summed E-state index contributed by atoms with van der Waals surface area (Å²) in [4.78, 5) is 35.6. The largest absolute Gasteiger partial charge is 0.342 e. The lowest BCUT2D eigenvalue weighted by molar-refractivity contribution is -0.138. The number of carbonyl (C=O) groups excluding carboxylic acids is 3. The minimum absolute atomic E-state index is 0.0118. The highest BCUT2D eigenvalue weighted by atomic mass is 16.2. The summed E-state index contributed by atoms with van der Waals surface area (Å²) in [5, 5.41) is 2.52. The van der Waals surface area contributed by atoms with Gasteiger partial charge in [-0.15, -0.1) is 0 Å². The SMILES string of the molecule is CN1C(=O)CC(NC(=O)[C@@H](N)C(C)(C)C)C1=O. The van der Waals surface area contributed by atoms with Crippen LogP contribution in [0.1, 0.15) is 27.2 Å². The molecule has 0 aromatic rings. The van der Waals surface area contributed by atoms with Gasteiger partial charge in [0.05, 0.1) is 12.5 Å². The van der Waals surface area contributed by atoms with Gasteiger partial charge in [-0.05, 0) is 5.41 Å². The maximum atomic E-state index is 11.8. The Morgan fingerprint density at radius 3 is 2.35 bits per heavy atom. The van der Waals surface area contributed by atoms with E-state index < -0.39 is 18.0 Å². The Hall–Kier alpha value is -1.43. The first-order valence-corrected chi connectivity index (χ1v) is 5.51. The molecule has 6 heteroatoms. The van der Waals surface area contributed by atoms with Crippen LogP contribution in [0, 0.1) is 5.41 Å². The Morgan fingerprint density at radius 1 is 1.47 bits per heavy atom. The van der Waals surface area contributed by atoms with Crippen LogP contribution < -0.4 is 11.1 Å². The average molecular weight is 241 g/mol. The Bertz CT molecular complexity index is 359. The standard InChI is InChI=1S/C11H19N3O3/c1-11(2,3)8(12)9(16)13-6-5-7(15)14(4)10(6)17/h6,8H,5,12H2,1-4H3,(H,13,16)/t6?,8-/m1/s1. The van der Waals surface area contributed by atoms with E-state index in [1.54, 1.807) is 0 Å². The van der Waals surface area contributed by atoms with Gasteiger partial charge in [0.1, 0.15) is 6.04 Å². The van der Waals surface area contributed by atoms with Gasteiger partial charge in [-0.2, -0.15) is 0 Å². The van der Waals surface area contributed by atoms with Gasteiger partial charge in [0, 0.05) is 7.05 Å². The van der Waals surface area contributed by atoms with Crippen molar-refractivity contribution in [3.63, 3.8) is 0 Å². The van der Waals surface area contributed by atoms with Crippen molar-refractivity contribution in [3.05, 3.63) is 0 Å². The van der Waals surface area contributed by atoms with E-state index in [0.29, 0.717) is 0 Å². The van der Waals surface area contributed by atoms with E-state index in [4.69, 9.17) is 5.73 Å². The summed E-state index contributed by atoms with van der Waals surface area (Å²) in [7, 11) is 1.40. The van der Waals surface area contributed by atoms with Crippen LogP contribution in [0.15, 0.2) is 0 Å². The zero-order valence-electron chi connectivity index (χ0n) is 10.6. The molecule has 0 saturated carbocycles. The van der Waals surface area contributed by atoms with Crippen molar-refractivity contribution in [1.82, 2.24) is 10.2 Å². The van der Waals surface area contributed by atoms with Gasteiger partial charge < -0.3 is 11.1 Å². The van der Waals surface area contributed by atoms with Crippen molar-refractivity contribution >= 4 is 17.7 Å². The first-order chi connectivity index (χ1) is 7.64. The number of nitrogens with one attached hydrogen (secondary N) is 1. The van der Waals surface area contributed by atoms with Crippen LogP contribution in [0.2, 0.25) is 0 Å². The molecule has 0 aromatic carbocycles. The fourth-order valence-corrected chi connectivity index (χ4v) is 1.52. The molecule has 1 rings (SSSR count). The predicted octanol–water partition coefficient (Wildman–Crippen LogP) is -0.767. The van der Waals surface area contributed by atoms with Gasteiger partial charge in [-0.25, -0.2) is 0 Å². The molecule has 6 nitrogen and oxygen atoms in total. The lowest BCUT2D eigenvalue weighted by atomic mass is 9.87. The highest BCUT2D eigenvalue weighted by molar-refractivity contribution is 6.06. The second-order valence-corrected chi connectivity index (χ2v) is 5.40. The van der Waals surface area contributed by atoms with Crippen LogP contribution in [0.25, 0.3) is 0 Å². The maximum Gasteiger partial charge on any atom is 0.252 e. The van der Waals surface area contributed by atoms with E-state index in [2.05, 4.69) is 5.32 Å². The molecule has 1 saturated heterocycles. The second-order valence-electron chi connectivity index (χ2n) is 5.40. The van der Waals surface area contributed by atoms with Gasteiger partial charge in [-0.1, -0.05) is 20.8 Å². The van der Waals surface area contributed by atoms with E-state index in [-0.39, 0.29) is 23.7 Å². The lowest BCUT2D eigenvalue weighted by Gasteiger charge is -2.26. The Labute approximate surface area is 101 Å². The molecule has 1 unspecified atom stereocenters. The van der Waals surface area contributed by atoms with Crippen LogP contribution in [-0.4, -0.2) is 41.8 Å². The number of hydrogen-bond donors (Lipinski definition) is 2. The van der Waals surface area contributed by atoms with E-state index in [0.717, 1.165) is 4.90 Å². The van der Waals surface area contributed by atoms with Crippen LogP contribution in [0.3, 0.4) is 0 Å². The topological polar surface area (TPSA) is 92.5 Å². The number of likely N-dealkylation sites (tertiary alicyclic amines) is 1. The molecule has 0 bridgehead atoms. The molecule has 1 fully saturated rings. The molecule has 17 heavy (non-hydrogen) atoms. The van der Waals surface area contributed by atoms with Crippen molar-refractivity contribution in [2.75, 3.05) is 7.05 Å². The molecular weight excluding hydrogens is 222 g/mol. The van der Waals surface area contributed by atoms with Gasteiger partial charge in [0.2, 0.25) is 11.8 Å². The van der Waals surface area contributed by atoms with Crippen molar-refractivity contribution in [3.8, 4) is 0 Å². The number of carbonyl (C=O) groups is 3. The lowest BCUT2D eigenvalue weighted by Crippen LogP contribution is -2.52. The monoisotopic (exact) mass is 241 g/mol. The number of likely N-dealkylation sites (N-methyl/N-ethyl adjacent to an activating group) is 1. The maximum absolute atomic E-state index is 11.8. The molecule has 1 aliphatic rings. The molecule has 3 N–H and O–H groups in total. The van der Waals surface area contributed by atoms with Crippen LogP contribution in [0.4, 0.5) is 0 Å². The first kappa shape index (κ1) is 13.6. The Morgan fingerprint density at radius 2 is 2.00 bits per heavy atom. The van der Waals surface area contributed by atoms with Crippen molar-refractivity contribution < 1.29 is 14.4 Å². The summed E-state index contributed by atoms with van der Waals surface area (Å²) in [6.45, 7) is 5.51. The summed E-state index contributed by atoms with van der Waals surface area (Å²) in [6, 6.07) is -1.48. The van der Waals surface area contributed by atoms with Gasteiger partial charge in [0.15, 0.2) is 0 Å². The zero-order chi connectivity index (χ0) is 13.4. The highest BCUT2D eigenvalue weighted by Gasteiger charge is 2.38. The Kier molecular flexibility index (Phi) is 3.56. The number of amides is 3. The van der Waals surface area contributed by atoms with E-state index in [9.17, 15) is 14.4 Å². The second kappa shape index (κ2) is 4.44. The predicted molar refractivity (Wildman–Crippen MR) is 61.8 cm³/mol.